The van der Waals surface area contributed by atoms with Gasteiger partial charge in [0.25, 0.3) is 0 Å². The summed E-state index contributed by atoms with van der Waals surface area (Å²) in [5, 5.41) is 6.99. The molecular weight excluding hydrogens is 278 g/mol. The molecule has 3 nitrogen and oxygen atoms in total. The summed E-state index contributed by atoms with van der Waals surface area (Å²) in [4.78, 5) is 10.0. The number of fused-ring (bicyclic) bond motifs is 1. The third kappa shape index (κ3) is 2.40. The maximum absolute atomic E-state index is 4.51. The normalized spacial score (nSPS) is 15.6. The number of aromatic nitrogens is 2. The lowest BCUT2D eigenvalue weighted by Crippen LogP contribution is -2.15. The van der Waals surface area contributed by atoms with Crippen LogP contribution in [0.4, 0.5) is 5.82 Å². The van der Waals surface area contributed by atoms with Crippen LogP contribution < -0.4 is 5.32 Å². The van der Waals surface area contributed by atoms with Crippen molar-refractivity contribution in [2.45, 2.75) is 31.7 Å². The predicted octanol–water partition coefficient (Wildman–Crippen LogP) is 4.71. The first-order valence-corrected chi connectivity index (χ1v) is 8.34. The molecule has 4 rings (SSSR count). The van der Waals surface area contributed by atoms with Crippen molar-refractivity contribution in [3.05, 3.63) is 42.0 Å². The summed E-state index contributed by atoms with van der Waals surface area (Å²) >= 11 is 1.69. The minimum absolute atomic E-state index is 0.562. The molecule has 0 atom stereocenters. The van der Waals surface area contributed by atoms with Gasteiger partial charge < -0.3 is 5.32 Å². The van der Waals surface area contributed by atoms with E-state index in [1.54, 1.807) is 17.7 Å². The second kappa shape index (κ2) is 5.45. The molecule has 0 saturated heterocycles. The molecule has 0 radical (unpaired) electrons. The van der Waals surface area contributed by atoms with Crippen molar-refractivity contribution < 1.29 is 0 Å². The lowest BCUT2D eigenvalue weighted by Gasteiger charge is -2.14. The van der Waals surface area contributed by atoms with Gasteiger partial charge in [-0.3, -0.25) is 0 Å². The molecule has 1 aliphatic carbocycles. The summed E-state index contributed by atoms with van der Waals surface area (Å²) in [6, 6.07) is 11.1. The van der Waals surface area contributed by atoms with Crippen LogP contribution >= 0.6 is 11.3 Å². The van der Waals surface area contributed by atoms with Gasteiger partial charge in [-0.05, 0) is 18.4 Å². The Kier molecular flexibility index (Phi) is 3.31. The van der Waals surface area contributed by atoms with Gasteiger partial charge in [-0.2, -0.15) is 0 Å². The summed E-state index contributed by atoms with van der Waals surface area (Å²) in [6.45, 7) is 0. The van der Waals surface area contributed by atoms with Crippen LogP contribution in [0.1, 0.15) is 25.7 Å². The number of hydrogen-bond acceptors (Lipinski definition) is 4. The number of nitrogens with one attached hydrogen (secondary N) is 1. The standard InChI is InChI=1S/C17H17N3S/c1-2-6-12(7-3-1)14-10-21-17-15(14)16(18-11-19-17)20-13-8-4-5-9-13/h1-3,6-7,10-11,13H,4-5,8-9H2,(H,18,19,20). The first-order valence-electron chi connectivity index (χ1n) is 7.46. The molecule has 0 unspecified atom stereocenters. The highest BCUT2D eigenvalue weighted by molar-refractivity contribution is 7.17. The van der Waals surface area contributed by atoms with Crippen LogP contribution in [0.15, 0.2) is 42.0 Å². The number of nitrogens with zero attached hydrogens (tertiary/aromatic N) is 2. The molecule has 4 heteroatoms. The molecule has 106 valence electrons. The largest absolute Gasteiger partial charge is 0.367 e. The second-order valence-electron chi connectivity index (χ2n) is 5.54. The van der Waals surface area contributed by atoms with Gasteiger partial charge in [0.05, 0.1) is 5.39 Å². The topological polar surface area (TPSA) is 37.8 Å². The van der Waals surface area contributed by atoms with Crippen LogP contribution in [0, 0.1) is 0 Å². The average Bonchev–Trinajstić information content (AvgIpc) is 3.18. The average molecular weight is 295 g/mol. The van der Waals surface area contributed by atoms with Crippen molar-refractivity contribution in [2.75, 3.05) is 5.32 Å². The van der Waals surface area contributed by atoms with Crippen LogP contribution in [-0.4, -0.2) is 16.0 Å². The highest BCUT2D eigenvalue weighted by Gasteiger charge is 2.18. The highest BCUT2D eigenvalue weighted by atomic mass is 32.1. The van der Waals surface area contributed by atoms with E-state index in [0.29, 0.717) is 6.04 Å². The third-order valence-electron chi connectivity index (χ3n) is 4.15. The molecular formula is C17H17N3S. The van der Waals surface area contributed by atoms with Crippen LogP contribution in [0.25, 0.3) is 21.3 Å². The van der Waals surface area contributed by atoms with Crippen molar-refractivity contribution in [3.63, 3.8) is 0 Å². The van der Waals surface area contributed by atoms with Gasteiger partial charge in [0, 0.05) is 17.0 Å². The zero-order valence-electron chi connectivity index (χ0n) is 11.7. The minimum atomic E-state index is 0.562. The summed E-state index contributed by atoms with van der Waals surface area (Å²) in [5.74, 6) is 0.993. The fourth-order valence-corrected chi connectivity index (χ4v) is 3.99. The molecule has 0 amide bonds. The number of hydrogen-bond donors (Lipinski definition) is 1. The SMILES string of the molecule is c1ccc(-c2csc3ncnc(NC4CCCC4)c23)cc1. The monoisotopic (exact) mass is 295 g/mol. The first kappa shape index (κ1) is 12.8. The van der Waals surface area contributed by atoms with Gasteiger partial charge in [0.1, 0.15) is 17.0 Å². The molecule has 0 aliphatic heterocycles. The fraction of sp³-hybridized carbons (Fsp3) is 0.294. The Hall–Kier alpha value is -1.94. The lowest BCUT2D eigenvalue weighted by molar-refractivity contribution is 0.751. The zero-order valence-corrected chi connectivity index (χ0v) is 12.6. The lowest BCUT2D eigenvalue weighted by atomic mass is 10.1. The third-order valence-corrected chi connectivity index (χ3v) is 5.04. The van der Waals surface area contributed by atoms with Gasteiger partial charge in [-0.15, -0.1) is 11.3 Å². The van der Waals surface area contributed by atoms with E-state index in [2.05, 4.69) is 44.9 Å². The highest BCUT2D eigenvalue weighted by Crippen LogP contribution is 2.37. The molecule has 1 N–H and O–H groups in total. The summed E-state index contributed by atoms with van der Waals surface area (Å²) in [6.07, 6.45) is 6.81. The Morgan fingerprint density at radius 2 is 1.86 bits per heavy atom. The van der Waals surface area contributed by atoms with Crippen LogP contribution in [0.2, 0.25) is 0 Å². The molecule has 2 heterocycles. The van der Waals surface area contributed by atoms with E-state index in [0.717, 1.165) is 10.6 Å². The van der Waals surface area contributed by atoms with E-state index in [1.807, 2.05) is 6.07 Å². The van der Waals surface area contributed by atoms with E-state index in [1.165, 1.54) is 42.2 Å². The fourth-order valence-electron chi connectivity index (χ4n) is 3.08. The van der Waals surface area contributed by atoms with E-state index < -0.39 is 0 Å². The van der Waals surface area contributed by atoms with Crippen molar-refractivity contribution in [2.24, 2.45) is 0 Å². The van der Waals surface area contributed by atoms with Gasteiger partial charge >= 0.3 is 0 Å². The van der Waals surface area contributed by atoms with Gasteiger partial charge in [0.2, 0.25) is 0 Å². The second-order valence-corrected chi connectivity index (χ2v) is 6.40. The Labute approximate surface area is 128 Å². The van der Waals surface area contributed by atoms with Crippen molar-refractivity contribution >= 4 is 27.4 Å². The van der Waals surface area contributed by atoms with Gasteiger partial charge in [-0.1, -0.05) is 43.2 Å². The number of benzene rings is 1. The van der Waals surface area contributed by atoms with Crippen LogP contribution in [0.5, 0.6) is 0 Å². The molecule has 3 aromatic rings. The minimum Gasteiger partial charge on any atom is -0.367 e. The maximum atomic E-state index is 4.51. The number of thiophene rings is 1. The molecule has 1 aromatic carbocycles. The number of rotatable bonds is 3. The van der Waals surface area contributed by atoms with Crippen LogP contribution in [0.3, 0.4) is 0 Å². The molecule has 1 fully saturated rings. The smallest absolute Gasteiger partial charge is 0.139 e. The summed E-state index contributed by atoms with van der Waals surface area (Å²) in [5.41, 5.74) is 2.46. The van der Waals surface area contributed by atoms with E-state index in [-0.39, 0.29) is 0 Å². The van der Waals surface area contributed by atoms with E-state index in [4.69, 9.17) is 0 Å². The molecule has 21 heavy (non-hydrogen) atoms. The van der Waals surface area contributed by atoms with E-state index in [9.17, 15) is 0 Å². The van der Waals surface area contributed by atoms with Gasteiger partial charge in [0.15, 0.2) is 0 Å². The Balaban J connectivity index is 1.81. The van der Waals surface area contributed by atoms with Crippen LogP contribution in [-0.2, 0) is 0 Å². The van der Waals surface area contributed by atoms with E-state index >= 15 is 0 Å². The van der Waals surface area contributed by atoms with Crippen molar-refractivity contribution in [3.8, 4) is 11.1 Å². The summed E-state index contributed by atoms with van der Waals surface area (Å²) in [7, 11) is 0. The molecule has 1 aliphatic rings. The number of anilines is 1. The van der Waals surface area contributed by atoms with Crippen molar-refractivity contribution in [1.29, 1.82) is 0 Å². The summed E-state index contributed by atoms with van der Waals surface area (Å²) < 4.78 is 0. The molecule has 1 saturated carbocycles. The Morgan fingerprint density at radius 3 is 2.67 bits per heavy atom. The molecule has 0 spiro atoms. The first-order chi connectivity index (χ1) is 10.4. The Morgan fingerprint density at radius 1 is 1.05 bits per heavy atom. The predicted molar refractivity (Wildman–Crippen MR) is 88.7 cm³/mol. The molecule has 0 bridgehead atoms. The van der Waals surface area contributed by atoms with Gasteiger partial charge in [-0.25, -0.2) is 9.97 Å². The maximum Gasteiger partial charge on any atom is 0.139 e. The quantitative estimate of drug-likeness (QED) is 0.760. The Bertz CT molecular complexity index is 745. The van der Waals surface area contributed by atoms with Crippen molar-refractivity contribution in [1.82, 2.24) is 9.97 Å². The zero-order chi connectivity index (χ0) is 14.1. The molecule has 2 aromatic heterocycles.